The number of rotatable bonds is 2. The van der Waals surface area contributed by atoms with Crippen LogP contribution >= 0.6 is 0 Å². The molecule has 3 heterocycles. The highest BCUT2D eigenvalue weighted by atomic mass is 16.4. The van der Waals surface area contributed by atoms with E-state index in [9.17, 15) is 10.0 Å². The zero-order valence-corrected chi connectivity index (χ0v) is 20.9. The Balaban J connectivity index is 1.51. The second-order valence-corrected chi connectivity index (χ2v) is 10.7. The van der Waals surface area contributed by atoms with E-state index in [0.717, 1.165) is 38.3 Å². The summed E-state index contributed by atoms with van der Waals surface area (Å²) in [4.78, 5) is 4.47. The SMILES string of the molecule is CC1(C)c2ccccc2-c2cc3c4cnccc4n(-c4cccc5c4oc4c(B(O)O)cccc45)c3cc21. The van der Waals surface area contributed by atoms with Gasteiger partial charge in [-0.1, -0.05) is 68.4 Å². The van der Waals surface area contributed by atoms with Crippen molar-refractivity contribution in [2.45, 2.75) is 19.3 Å². The zero-order valence-electron chi connectivity index (χ0n) is 20.9. The van der Waals surface area contributed by atoms with Crippen molar-refractivity contribution >= 4 is 56.3 Å². The number of benzene rings is 4. The van der Waals surface area contributed by atoms with Gasteiger partial charge in [-0.15, -0.1) is 0 Å². The van der Waals surface area contributed by atoms with Gasteiger partial charge in [-0.25, -0.2) is 0 Å². The Hall–Kier alpha value is -4.39. The maximum Gasteiger partial charge on any atom is 0.492 e. The number of hydrogen-bond acceptors (Lipinski definition) is 4. The van der Waals surface area contributed by atoms with E-state index in [4.69, 9.17) is 4.42 Å². The summed E-state index contributed by atoms with van der Waals surface area (Å²) in [5.74, 6) is 0. The molecule has 182 valence electrons. The van der Waals surface area contributed by atoms with Crippen LogP contribution in [0.1, 0.15) is 25.0 Å². The summed E-state index contributed by atoms with van der Waals surface area (Å²) in [5.41, 5.74) is 9.64. The smallest absolute Gasteiger partial charge is 0.454 e. The molecule has 0 saturated carbocycles. The molecule has 5 nitrogen and oxygen atoms in total. The molecule has 2 N–H and O–H groups in total. The largest absolute Gasteiger partial charge is 0.492 e. The van der Waals surface area contributed by atoms with Gasteiger partial charge in [0, 0.05) is 44.8 Å². The maximum atomic E-state index is 9.98. The van der Waals surface area contributed by atoms with Gasteiger partial charge in [-0.2, -0.15) is 0 Å². The van der Waals surface area contributed by atoms with E-state index in [0.29, 0.717) is 16.6 Å². The van der Waals surface area contributed by atoms with Crippen LogP contribution < -0.4 is 5.46 Å². The minimum Gasteiger partial charge on any atom is -0.454 e. The van der Waals surface area contributed by atoms with E-state index in [1.165, 1.54) is 22.3 Å². The summed E-state index contributed by atoms with van der Waals surface area (Å²) < 4.78 is 8.68. The molecule has 0 amide bonds. The van der Waals surface area contributed by atoms with Gasteiger partial charge < -0.3 is 19.0 Å². The van der Waals surface area contributed by atoms with Gasteiger partial charge in [0.1, 0.15) is 5.58 Å². The molecular weight excluding hydrogens is 471 g/mol. The molecule has 1 aliphatic rings. The maximum absolute atomic E-state index is 9.98. The van der Waals surface area contributed by atoms with Crippen molar-refractivity contribution < 1.29 is 14.5 Å². The first kappa shape index (κ1) is 21.7. The van der Waals surface area contributed by atoms with Gasteiger partial charge in [-0.05, 0) is 46.5 Å². The molecule has 7 aromatic rings. The molecule has 6 heteroatoms. The molecule has 38 heavy (non-hydrogen) atoms. The van der Waals surface area contributed by atoms with Crippen LogP contribution in [0.25, 0.3) is 60.6 Å². The minimum absolute atomic E-state index is 0.128. The third kappa shape index (κ3) is 2.66. The number of fused-ring (bicyclic) bond motifs is 9. The Morgan fingerprint density at radius 2 is 1.53 bits per heavy atom. The molecule has 1 aliphatic carbocycles. The Bertz CT molecular complexity index is 2100. The molecule has 0 saturated heterocycles. The van der Waals surface area contributed by atoms with Crippen LogP contribution in [-0.4, -0.2) is 26.7 Å². The van der Waals surface area contributed by atoms with E-state index in [1.807, 2.05) is 42.7 Å². The number of pyridine rings is 1. The second kappa shape index (κ2) is 7.35. The van der Waals surface area contributed by atoms with Crippen molar-refractivity contribution in [1.82, 2.24) is 9.55 Å². The van der Waals surface area contributed by atoms with Crippen molar-refractivity contribution in [1.29, 1.82) is 0 Å². The van der Waals surface area contributed by atoms with E-state index >= 15 is 0 Å². The quantitative estimate of drug-likeness (QED) is 0.287. The highest BCUT2D eigenvalue weighted by Gasteiger charge is 2.36. The molecule has 0 unspecified atom stereocenters. The lowest BCUT2D eigenvalue weighted by Gasteiger charge is -2.21. The highest BCUT2D eigenvalue weighted by Crippen LogP contribution is 2.51. The summed E-state index contributed by atoms with van der Waals surface area (Å²) in [6.45, 7) is 4.58. The molecule has 0 spiro atoms. The van der Waals surface area contributed by atoms with Gasteiger partial charge >= 0.3 is 7.12 Å². The second-order valence-electron chi connectivity index (χ2n) is 10.7. The van der Waals surface area contributed by atoms with Crippen molar-refractivity contribution in [3.63, 3.8) is 0 Å². The van der Waals surface area contributed by atoms with Gasteiger partial charge in [0.15, 0.2) is 5.58 Å². The summed E-state index contributed by atoms with van der Waals surface area (Å²) >= 11 is 0. The summed E-state index contributed by atoms with van der Waals surface area (Å²) in [6, 6.07) is 26.9. The van der Waals surface area contributed by atoms with Crippen LogP contribution in [0, 0.1) is 0 Å². The van der Waals surface area contributed by atoms with Gasteiger partial charge in [0.05, 0.1) is 16.7 Å². The van der Waals surface area contributed by atoms with Crippen LogP contribution in [0.2, 0.25) is 0 Å². The van der Waals surface area contributed by atoms with Crippen molar-refractivity contribution in [3.8, 4) is 16.8 Å². The topological polar surface area (TPSA) is 71.4 Å². The third-order valence-corrected chi connectivity index (χ3v) is 8.32. The van der Waals surface area contributed by atoms with Gasteiger partial charge in [0.25, 0.3) is 0 Å². The first-order chi connectivity index (χ1) is 18.4. The number of aromatic nitrogens is 2. The highest BCUT2D eigenvalue weighted by molar-refractivity contribution is 6.61. The molecule has 4 aromatic carbocycles. The fourth-order valence-corrected chi connectivity index (χ4v) is 6.52. The van der Waals surface area contributed by atoms with Crippen LogP contribution in [-0.2, 0) is 5.41 Å². The lowest BCUT2D eigenvalue weighted by molar-refractivity contribution is 0.425. The number of nitrogens with zero attached hydrogens (tertiary/aromatic N) is 2. The molecule has 8 rings (SSSR count). The number of furan rings is 1. The first-order valence-electron chi connectivity index (χ1n) is 12.8. The first-order valence-corrected chi connectivity index (χ1v) is 12.8. The lowest BCUT2D eigenvalue weighted by atomic mass is 9.79. The summed E-state index contributed by atoms with van der Waals surface area (Å²) in [7, 11) is -1.62. The number of hydrogen-bond donors (Lipinski definition) is 2. The van der Waals surface area contributed by atoms with E-state index in [-0.39, 0.29) is 5.41 Å². The van der Waals surface area contributed by atoms with Crippen molar-refractivity contribution in [2.24, 2.45) is 0 Å². The van der Waals surface area contributed by atoms with Crippen LogP contribution in [0.3, 0.4) is 0 Å². The Kier molecular flexibility index (Phi) is 4.19. The fraction of sp³-hybridized carbons (Fsp3) is 0.0938. The van der Waals surface area contributed by atoms with Gasteiger partial charge in [0.2, 0.25) is 0 Å². The normalized spacial score (nSPS) is 14.0. The average molecular weight is 494 g/mol. The van der Waals surface area contributed by atoms with E-state index < -0.39 is 7.12 Å². The van der Waals surface area contributed by atoms with Crippen LogP contribution in [0.4, 0.5) is 0 Å². The van der Waals surface area contributed by atoms with Crippen LogP contribution in [0.15, 0.2) is 95.7 Å². The molecule has 0 atom stereocenters. The monoisotopic (exact) mass is 494 g/mol. The summed E-state index contributed by atoms with van der Waals surface area (Å²) in [6.07, 6.45) is 3.76. The van der Waals surface area contributed by atoms with E-state index in [2.05, 4.69) is 65.9 Å². The van der Waals surface area contributed by atoms with Crippen molar-refractivity contribution in [3.05, 3.63) is 102 Å². The third-order valence-electron chi connectivity index (χ3n) is 8.32. The Morgan fingerprint density at radius 1 is 0.737 bits per heavy atom. The predicted molar refractivity (Wildman–Crippen MR) is 153 cm³/mol. The molecule has 0 aliphatic heterocycles. The molecule has 0 radical (unpaired) electrons. The Morgan fingerprint density at radius 3 is 2.37 bits per heavy atom. The number of para-hydroxylation sites is 2. The standard InChI is InChI=1S/C32H23BN2O3/c1-32(2)24-10-4-3-7-18(24)21-15-22-23-17-34-14-13-27(23)35(29(22)16-25(21)32)28-12-6-9-20-19-8-5-11-26(33(36)37)30(19)38-31(20)28/h3-17,36-37H,1-2H3. The molecular formula is C32H23BN2O3. The van der Waals surface area contributed by atoms with Crippen LogP contribution in [0.5, 0.6) is 0 Å². The van der Waals surface area contributed by atoms with Gasteiger partial charge in [-0.3, -0.25) is 4.98 Å². The fourth-order valence-electron chi connectivity index (χ4n) is 6.52. The van der Waals surface area contributed by atoms with Crippen molar-refractivity contribution in [2.75, 3.05) is 0 Å². The predicted octanol–water partition coefficient (Wildman–Crippen LogP) is 6.06. The summed E-state index contributed by atoms with van der Waals surface area (Å²) in [5, 5.41) is 24.0. The van der Waals surface area contributed by atoms with E-state index in [1.54, 1.807) is 6.07 Å². The molecule has 3 aromatic heterocycles. The molecule has 0 fully saturated rings. The minimum atomic E-state index is -1.62. The average Bonchev–Trinajstić information content (AvgIpc) is 3.54. The lowest BCUT2D eigenvalue weighted by Crippen LogP contribution is -2.29. The Labute approximate surface area is 218 Å². The molecule has 0 bridgehead atoms. The zero-order chi connectivity index (χ0) is 25.8.